The molecule has 1 rings (SSSR count). The van der Waals surface area contributed by atoms with Crippen LogP contribution in [-0.2, 0) is 8.85 Å². The summed E-state index contributed by atoms with van der Waals surface area (Å²) in [5.74, 6) is -3.15. The first-order chi connectivity index (χ1) is 7.50. The van der Waals surface area contributed by atoms with Crippen LogP contribution < -0.4 is 5.19 Å². The molecule has 0 amide bonds. The number of hydrogen-bond acceptors (Lipinski definition) is 2. The molecular weight excluding hydrogens is 237 g/mol. The number of rotatable bonds is 4. The third-order valence-electron chi connectivity index (χ3n) is 2.55. The van der Waals surface area contributed by atoms with Crippen LogP contribution in [0, 0.1) is 17.5 Å². The van der Waals surface area contributed by atoms with Gasteiger partial charge in [-0.1, -0.05) is 6.92 Å². The van der Waals surface area contributed by atoms with Gasteiger partial charge in [0.05, 0.1) is 0 Å². The minimum absolute atomic E-state index is 0.0149. The van der Waals surface area contributed by atoms with Gasteiger partial charge in [-0.15, -0.1) is 0 Å². The molecule has 0 saturated heterocycles. The van der Waals surface area contributed by atoms with Crippen molar-refractivity contribution in [2.75, 3.05) is 14.2 Å². The van der Waals surface area contributed by atoms with Gasteiger partial charge in [-0.05, 0) is 12.1 Å². The number of benzene rings is 1. The minimum atomic E-state index is -2.97. The summed E-state index contributed by atoms with van der Waals surface area (Å²) in [5.41, 5.74) is 0. The van der Waals surface area contributed by atoms with E-state index in [-0.39, 0.29) is 5.19 Å². The maximum Gasteiger partial charge on any atom is 0.374 e. The quantitative estimate of drug-likeness (QED) is 0.601. The summed E-state index contributed by atoms with van der Waals surface area (Å²) < 4.78 is 49.8. The molecule has 0 aliphatic rings. The van der Waals surface area contributed by atoms with E-state index >= 15 is 0 Å². The van der Waals surface area contributed by atoms with E-state index in [0.29, 0.717) is 12.1 Å². The van der Waals surface area contributed by atoms with Gasteiger partial charge < -0.3 is 8.85 Å². The van der Waals surface area contributed by atoms with Gasteiger partial charge in [0.1, 0.15) is 5.82 Å². The van der Waals surface area contributed by atoms with E-state index in [1.165, 1.54) is 14.2 Å². The third kappa shape index (κ3) is 2.13. The molecule has 0 aliphatic heterocycles. The van der Waals surface area contributed by atoms with Crippen molar-refractivity contribution in [2.45, 2.75) is 13.0 Å². The van der Waals surface area contributed by atoms with E-state index in [1.807, 2.05) is 0 Å². The monoisotopic (exact) mass is 250 g/mol. The Bertz CT molecular complexity index is 372. The first kappa shape index (κ1) is 13.2. The molecule has 0 atom stereocenters. The van der Waals surface area contributed by atoms with Crippen LogP contribution in [0.4, 0.5) is 13.2 Å². The first-order valence-corrected chi connectivity index (χ1v) is 6.78. The molecule has 0 radical (unpaired) electrons. The SMILES string of the molecule is CC[Si](OC)(OC)c1cc(F)c(F)cc1F. The maximum absolute atomic E-state index is 13.6. The van der Waals surface area contributed by atoms with Gasteiger partial charge in [-0.3, -0.25) is 0 Å². The summed E-state index contributed by atoms with van der Waals surface area (Å²) in [6.07, 6.45) is 0. The van der Waals surface area contributed by atoms with Crippen LogP contribution in [0.2, 0.25) is 6.04 Å². The Labute approximate surface area is 93.2 Å². The van der Waals surface area contributed by atoms with Gasteiger partial charge in [0, 0.05) is 25.5 Å². The van der Waals surface area contributed by atoms with Gasteiger partial charge in [0.25, 0.3) is 0 Å². The largest absolute Gasteiger partial charge is 0.394 e. The topological polar surface area (TPSA) is 18.5 Å². The summed E-state index contributed by atoms with van der Waals surface area (Å²) >= 11 is 0. The molecule has 0 unspecified atom stereocenters. The molecule has 0 N–H and O–H groups in total. The second-order valence-electron chi connectivity index (χ2n) is 3.26. The molecule has 0 aliphatic carbocycles. The highest BCUT2D eigenvalue weighted by Gasteiger charge is 2.39. The summed E-state index contributed by atoms with van der Waals surface area (Å²) in [5, 5.41) is -0.0149. The van der Waals surface area contributed by atoms with Crippen LogP contribution in [0.5, 0.6) is 0 Å². The minimum Gasteiger partial charge on any atom is -0.394 e. The zero-order valence-electron chi connectivity index (χ0n) is 9.31. The van der Waals surface area contributed by atoms with Crippen molar-refractivity contribution < 1.29 is 22.0 Å². The average Bonchev–Trinajstić information content (AvgIpc) is 2.28. The van der Waals surface area contributed by atoms with Crippen molar-refractivity contribution in [1.29, 1.82) is 0 Å². The molecule has 6 heteroatoms. The predicted octanol–water partition coefficient (Wildman–Crippen LogP) is 2.07. The highest BCUT2D eigenvalue weighted by molar-refractivity contribution is 6.81. The van der Waals surface area contributed by atoms with Gasteiger partial charge in [-0.25, -0.2) is 13.2 Å². The lowest BCUT2D eigenvalue weighted by Crippen LogP contribution is -2.53. The summed E-state index contributed by atoms with van der Waals surface area (Å²) in [6, 6.07) is 1.73. The number of hydrogen-bond donors (Lipinski definition) is 0. The van der Waals surface area contributed by atoms with E-state index in [9.17, 15) is 13.2 Å². The Morgan fingerprint density at radius 3 is 1.94 bits per heavy atom. The van der Waals surface area contributed by atoms with E-state index in [0.717, 1.165) is 6.07 Å². The van der Waals surface area contributed by atoms with Crippen LogP contribution in [0.15, 0.2) is 12.1 Å². The van der Waals surface area contributed by atoms with E-state index in [2.05, 4.69) is 0 Å². The first-order valence-electron chi connectivity index (χ1n) is 4.76. The zero-order valence-corrected chi connectivity index (χ0v) is 10.3. The summed E-state index contributed by atoms with van der Waals surface area (Å²) in [6.45, 7) is 1.75. The highest BCUT2D eigenvalue weighted by Crippen LogP contribution is 2.16. The molecule has 0 spiro atoms. The van der Waals surface area contributed by atoms with Gasteiger partial charge in [-0.2, -0.15) is 0 Å². The smallest absolute Gasteiger partial charge is 0.374 e. The molecule has 0 aromatic heterocycles. The summed E-state index contributed by atoms with van der Waals surface area (Å²) in [4.78, 5) is 0. The Morgan fingerprint density at radius 1 is 1.00 bits per heavy atom. The second-order valence-corrected chi connectivity index (χ2v) is 6.83. The molecule has 90 valence electrons. The van der Waals surface area contributed by atoms with Crippen molar-refractivity contribution >= 4 is 13.7 Å². The van der Waals surface area contributed by atoms with E-state index in [4.69, 9.17) is 8.85 Å². The normalized spacial score (nSPS) is 11.9. The fourth-order valence-corrected chi connectivity index (χ4v) is 3.94. The summed E-state index contributed by atoms with van der Waals surface area (Å²) in [7, 11) is -0.224. The standard InChI is InChI=1S/C10H13F3O2Si/c1-4-16(14-2,15-3)10-6-8(12)7(11)5-9(10)13/h5-6H,4H2,1-3H3. The maximum atomic E-state index is 13.6. The van der Waals surface area contributed by atoms with Crippen molar-refractivity contribution in [3.05, 3.63) is 29.6 Å². The van der Waals surface area contributed by atoms with Crippen LogP contribution in [0.25, 0.3) is 0 Å². The van der Waals surface area contributed by atoms with Crippen molar-refractivity contribution in [3.63, 3.8) is 0 Å². The third-order valence-corrected chi connectivity index (χ3v) is 6.00. The fourth-order valence-electron chi connectivity index (χ4n) is 1.60. The second kappa shape index (κ2) is 4.99. The van der Waals surface area contributed by atoms with Crippen molar-refractivity contribution in [2.24, 2.45) is 0 Å². The Hall–Kier alpha value is -0.853. The molecule has 0 heterocycles. The lowest BCUT2D eigenvalue weighted by molar-refractivity contribution is 0.257. The van der Waals surface area contributed by atoms with Gasteiger partial charge in [0.2, 0.25) is 0 Å². The molecule has 0 bridgehead atoms. The van der Waals surface area contributed by atoms with Crippen LogP contribution in [0.3, 0.4) is 0 Å². The Morgan fingerprint density at radius 2 is 1.50 bits per heavy atom. The van der Waals surface area contributed by atoms with E-state index in [1.54, 1.807) is 6.92 Å². The average molecular weight is 250 g/mol. The number of halogens is 3. The molecule has 16 heavy (non-hydrogen) atoms. The Balaban J connectivity index is 3.35. The van der Waals surface area contributed by atoms with Crippen molar-refractivity contribution in [3.8, 4) is 0 Å². The van der Waals surface area contributed by atoms with E-state index < -0.39 is 26.0 Å². The molecule has 2 nitrogen and oxygen atoms in total. The van der Waals surface area contributed by atoms with Gasteiger partial charge >= 0.3 is 8.56 Å². The predicted molar refractivity (Wildman–Crippen MR) is 56.2 cm³/mol. The Kier molecular flexibility index (Phi) is 4.12. The highest BCUT2D eigenvalue weighted by atomic mass is 28.4. The molecule has 1 aromatic rings. The van der Waals surface area contributed by atoms with Crippen molar-refractivity contribution in [1.82, 2.24) is 0 Å². The molecule has 1 aromatic carbocycles. The fraction of sp³-hybridized carbons (Fsp3) is 0.400. The van der Waals surface area contributed by atoms with Crippen LogP contribution in [0.1, 0.15) is 6.92 Å². The molecule has 0 saturated carbocycles. The van der Waals surface area contributed by atoms with Crippen LogP contribution >= 0.6 is 0 Å². The zero-order chi connectivity index (χ0) is 12.3. The lowest BCUT2D eigenvalue weighted by atomic mass is 10.3. The molecular formula is C10H13F3O2Si. The van der Waals surface area contributed by atoms with Crippen LogP contribution in [-0.4, -0.2) is 22.8 Å². The lowest BCUT2D eigenvalue weighted by Gasteiger charge is -2.26. The van der Waals surface area contributed by atoms with Gasteiger partial charge in [0.15, 0.2) is 11.6 Å². The molecule has 0 fully saturated rings.